The number of aromatic nitrogens is 1. The maximum absolute atomic E-state index is 12.7. The molecular formula is C19H22ClNO4. The first-order valence-electron chi connectivity index (χ1n) is 8.16. The summed E-state index contributed by atoms with van der Waals surface area (Å²) < 4.78 is 11.9. The average molecular weight is 364 g/mol. The normalized spacial score (nSPS) is 11.9. The lowest BCUT2D eigenvalue weighted by molar-refractivity contribution is -0.147. The van der Waals surface area contributed by atoms with Crippen molar-refractivity contribution in [3.63, 3.8) is 0 Å². The summed E-state index contributed by atoms with van der Waals surface area (Å²) in [6.45, 7) is 5.76. The lowest BCUT2D eigenvalue weighted by Gasteiger charge is -2.19. The molecule has 1 unspecified atom stereocenters. The van der Waals surface area contributed by atoms with Crippen molar-refractivity contribution >= 4 is 17.6 Å². The van der Waals surface area contributed by atoms with Gasteiger partial charge in [0.1, 0.15) is 11.8 Å². The largest absolute Gasteiger partial charge is 0.495 e. The topological polar surface area (TPSA) is 57.5 Å². The van der Waals surface area contributed by atoms with Crippen molar-refractivity contribution in [2.75, 3.05) is 13.7 Å². The Bertz CT molecular complexity index is 829. The molecule has 134 valence electrons. The van der Waals surface area contributed by atoms with E-state index in [0.717, 1.165) is 11.1 Å². The Balaban J connectivity index is 2.60. The van der Waals surface area contributed by atoms with E-state index in [0.29, 0.717) is 22.8 Å². The summed E-state index contributed by atoms with van der Waals surface area (Å²) in [4.78, 5) is 24.8. The molecule has 0 aliphatic rings. The summed E-state index contributed by atoms with van der Waals surface area (Å²) in [6, 6.07) is 6.26. The molecule has 0 fully saturated rings. The smallest absolute Gasteiger partial charge is 0.329 e. The minimum Gasteiger partial charge on any atom is -0.495 e. The van der Waals surface area contributed by atoms with E-state index in [1.165, 1.54) is 17.7 Å². The van der Waals surface area contributed by atoms with Gasteiger partial charge in [-0.05, 0) is 43.5 Å². The second-order valence-corrected chi connectivity index (χ2v) is 6.07. The van der Waals surface area contributed by atoms with Crippen LogP contribution in [0.3, 0.4) is 0 Å². The SMILES string of the molecule is CCOC(=O)C(CC)n1cc(OC)c(-c2cc(Cl)ccc2C)cc1=O. The number of halogens is 1. The lowest BCUT2D eigenvalue weighted by Crippen LogP contribution is -2.30. The quantitative estimate of drug-likeness (QED) is 0.728. The van der Waals surface area contributed by atoms with Crippen molar-refractivity contribution in [3.05, 3.63) is 51.4 Å². The zero-order valence-corrected chi connectivity index (χ0v) is 15.6. The first-order chi connectivity index (χ1) is 11.9. The van der Waals surface area contributed by atoms with E-state index in [9.17, 15) is 9.59 Å². The second-order valence-electron chi connectivity index (χ2n) is 5.64. The van der Waals surface area contributed by atoms with E-state index in [1.807, 2.05) is 19.9 Å². The van der Waals surface area contributed by atoms with Gasteiger partial charge < -0.3 is 9.47 Å². The van der Waals surface area contributed by atoms with Gasteiger partial charge in [-0.1, -0.05) is 24.6 Å². The predicted molar refractivity (Wildman–Crippen MR) is 98.4 cm³/mol. The van der Waals surface area contributed by atoms with Crippen LogP contribution in [-0.2, 0) is 9.53 Å². The average Bonchev–Trinajstić information content (AvgIpc) is 2.59. The van der Waals surface area contributed by atoms with Crippen LogP contribution in [0.2, 0.25) is 5.02 Å². The number of hydrogen-bond donors (Lipinski definition) is 0. The summed E-state index contributed by atoms with van der Waals surface area (Å²) in [7, 11) is 1.53. The molecule has 0 N–H and O–H groups in total. The minimum atomic E-state index is -0.684. The van der Waals surface area contributed by atoms with Crippen LogP contribution in [0.5, 0.6) is 5.75 Å². The number of esters is 1. The van der Waals surface area contributed by atoms with Crippen LogP contribution in [0.4, 0.5) is 0 Å². The van der Waals surface area contributed by atoms with Crippen LogP contribution in [0.25, 0.3) is 11.1 Å². The molecule has 0 bridgehead atoms. The van der Waals surface area contributed by atoms with Gasteiger partial charge in [0.15, 0.2) is 0 Å². The van der Waals surface area contributed by atoms with Crippen molar-refractivity contribution in [1.82, 2.24) is 4.57 Å². The molecule has 0 aliphatic carbocycles. The van der Waals surface area contributed by atoms with E-state index in [2.05, 4.69) is 0 Å². The number of carbonyl (C=O) groups is 1. The number of hydrogen-bond acceptors (Lipinski definition) is 4. The number of carbonyl (C=O) groups excluding carboxylic acids is 1. The Morgan fingerprint density at radius 3 is 2.56 bits per heavy atom. The molecule has 25 heavy (non-hydrogen) atoms. The molecule has 0 radical (unpaired) electrons. The van der Waals surface area contributed by atoms with Gasteiger partial charge in [0.25, 0.3) is 5.56 Å². The van der Waals surface area contributed by atoms with Crippen LogP contribution in [-0.4, -0.2) is 24.3 Å². The van der Waals surface area contributed by atoms with E-state index < -0.39 is 12.0 Å². The first kappa shape index (κ1) is 19.1. The summed E-state index contributed by atoms with van der Waals surface area (Å²) in [5.41, 5.74) is 2.13. The van der Waals surface area contributed by atoms with E-state index in [-0.39, 0.29) is 12.2 Å². The fourth-order valence-corrected chi connectivity index (χ4v) is 2.92. The number of pyridine rings is 1. The molecule has 0 saturated heterocycles. The third-order valence-electron chi connectivity index (χ3n) is 4.03. The molecule has 0 amide bonds. The zero-order chi connectivity index (χ0) is 18.6. The molecule has 6 heteroatoms. The molecular weight excluding hydrogens is 342 g/mol. The first-order valence-corrected chi connectivity index (χ1v) is 8.54. The van der Waals surface area contributed by atoms with Gasteiger partial charge >= 0.3 is 5.97 Å². The molecule has 0 saturated carbocycles. The van der Waals surface area contributed by atoms with Gasteiger partial charge in [0, 0.05) is 16.7 Å². The van der Waals surface area contributed by atoms with Crippen LogP contribution in [0, 0.1) is 6.92 Å². The number of methoxy groups -OCH3 is 1. The number of nitrogens with zero attached hydrogens (tertiary/aromatic N) is 1. The van der Waals surface area contributed by atoms with Crippen LogP contribution < -0.4 is 10.3 Å². The highest BCUT2D eigenvalue weighted by molar-refractivity contribution is 6.30. The van der Waals surface area contributed by atoms with E-state index in [4.69, 9.17) is 21.1 Å². The van der Waals surface area contributed by atoms with E-state index in [1.54, 1.807) is 25.3 Å². The van der Waals surface area contributed by atoms with Gasteiger partial charge in [-0.25, -0.2) is 4.79 Å². The van der Waals surface area contributed by atoms with Gasteiger partial charge in [-0.3, -0.25) is 9.36 Å². The highest BCUT2D eigenvalue weighted by Crippen LogP contribution is 2.33. The summed E-state index contributed by atoms with van der Waals surface area (Å²) in [6.07, 6.45) is 2.00. The predicted octanol–water partition coefficient (Wildman–Crippen LogP) is 4.00. The van der Waals surface area contributed by atoms with Crippen molar-refractivity contribution in [2.24, 2.45) is 0 Å². The standard InChI is InChI=1S/C19H22ClNO4/c1-5-16(19(23)25-6-2)21-11-17(24-4)15(10-18(21)22)14-9-13(20)8-7-12(14)3/h7-11,16H,5-6H2,1-4H3. The third kappa shape index (κ3) is 4.04. The Labute approximate surface area is 152 Å². The van der Waals surface area contributed by atoms with Crippen LogP contribution in [0.1, 0.15) is 31.9 Å². The van der Waals surface area contributed by atoms with Gasteiger partial charge in [0.2, 0.25) is 0 Å². The van der Waals surface area contributed by atoms with Gasteiger partial charge in [-0.15, -0.1) is 0 Å². The highest BCUT2D eigenvalue weighted by atomic mass is 35.5. The maximum Gasteiger partial charge on any atom is 0.329 e. The molecule has 2 rings (SSSR count). The molecule has 5 nitrogen and oxygen atoms in total. The van der Waals surface area contributed by atoms with Gasteiger partial charge in [-0.2, -0.15) is 0 Å². The molecule has 1 atom stereocenters. The van der Waals surface area contributed by atoms with Crippen LogP contribution in [0.15, 0.2) is 35.3 Å². The molecule has 1 aromatic heterocycles. The second kappa shape index (κ2) is 8.21. The fraction of sp³-hybridized carbons (Fsp3) is 0.368. The molecule has 0 spiro atoms. The zero-order valence-electron chi connectivity index (χ0n) is 14.8. The molecule has 1 aromatic carbocycles. The molecule has 2 aromatic rings. The van der Waals surface area contributed by atoms with Crippen molar-refractivity contribution in [1.29, 1.82) is 0 Å². The lowest BCUT2D eigenvalue weighted by atomic mass is 10.0. The minimum absolute atomic E-state index is 0.265. The fourth-order valence-electron chi connectivity index (χ4n) is 2.75. The highest BCUT2D eigenvalue weighted by Gasteiger charge is 2.23. The monoisotopic (exact) mass is 363 g/mol. The van der Waals surface area contributed by atoms with Gasteiger partial charge in [0.05, 0.1) is 19.9 Å². The Morgan fingerprint density at radius 1 is 1.24 bits per heavy atom. The number of ether oxygens (including phenoxy) is 2. The van der Waals surface area contributed by atoms with Crippen molar-refractivity contribution < 1.29 is 14.3 Å². The van der Waals surface area contributed by atoms with E-state index >= 15 is 0 Å². The number of aryl methyl sites for hydroxylation is 1. The van der Waals surface area contributed by atoms with Crippen LogP contribution >= 0.6 is 11.6 Å². The summed E-state index contributed by atoms with van der Waals surface area (Å²) in [5.74, 6) is 0.0635. The maximum atomic E-state index is 12.7. The Morgan fingerprint density at radius 2 is 1.96 bits per heavy atom. The Kier molecular flexibility index (Phi) is 6.26. The van der Waals surface area contributed by atoms with Crippen molar-refractivity contribution in [3.8, 4) is 16.9 Å². The number of rotatable bonds is 6. The van der Waals surface area contributed by atoms with Crippen molar-refractivity contribution in [2.45, 2.75) is 33.2 Å². The number of benzene rings is 1. The molecule has 0 aliphatic heterocycles. The third-order valence-corrected chi connectivity index (χ3v) is 4.27. The molecule has 1 heterocycles. The summed E-state index contributed by atoms with van der Waals surface area (Å²) in [5, 5.41) is 0.574. The summed E-state index contributed by atoms with van der Waals surface area (Å²) >= 11 is 6.10. The Hall–Kier alpha value is -2.27.